The Morgan fingerprint density at radius 2 is 2.00 bits per heavy atom. The molecule has 1 fully saturated rings. The van der Waals surface area contributed by atoms with Gasteiger partial charge >= 0.3 is 0 Å². The van der Waals surface area contributed by atoms with Crippen molar-refractivity contribution in [3.63, 3.8) is 0 Å². The second-order valence-electron chi connectivity index (χ2n) is 6.04. The van der Waals surface area contributed by atoms with Gasteiger partial charge in [-0.15, -0.1) is 0 Å². The van der Waals surface area contributed by atoms with E-state index in [2.05, 4.69) is 11.4 Å². The van der Waals surface area contributed by atoms with Gasteiger partial charge in [0.2, 0.25) is 11.8 Å². The van der Waals surface area contributed by atoms with Crippen LogP contribution >= 0.6 is 0 Å². The van der Waals surface area contributed by atoms with Crippen LogP contribution in [0.4, 0.5) is 5.69 Å². The SMILES string of the molecule is CCC1(CC)CC(=O)N(c2cccc3c2CCNC3)C1=O. The lowest BCUT2D eigenvalue weighted by atomic mass is 9.81. The number of fused-ring (bicyclic) bond motifs is 1. The highest BCUT2D eigenvalue weighted by Crippen LogP contribution is 2.42. The van der Waals surface area contributed by atoms with Gasteiger partial charge in [-0.3, -0.25) is 9.59 Å². The summed E-state index contributed by atoms with van der Waals surface area (Å²) in [6.45, 7) is 5.71. The number of rotatable bonds is 3. The Hall–Kier alpha value is -1.68. The zero-order chi connectivity index (χ0) is 15.0. The zero-order valence-corrected chi connectivity index (χ0v) is 12.7. The average molecular weight is 286 g/mol. The molecule has 2 heterocycles. The number of anilines is 1. The number of nitrogens with zero attached hydrogens (tertiary/aromatic N) is 1. The van der Waals surface area contributed by atoms with Crippen LogP contribution < -0.4 is 10.2 Å². The number of hydrogen-bond acceptors (Lipinski definition) is 3. The van der Waals surface area contributed by atoms with Crippen molar-refractivity contribution in [2.24, 2.45) is 5.41 Å². The minimum absolute atomic E-state index is 0.00978. The summed E-state index contributed by atoms with van der Waals surface area (Å²) in [6, 6.07) is 5.93. The summed E-state index contributed by atoms with van der Waals surface area (Å²) in [7, 11) is 0. The van der Waals surface area contributed by atoms with Crippen molar-refractivity contribution in [2.75, 3.05) is 11.4 Å². The number of carbonyl (C=O) groups is 2. The molecule has 0 radical (unpaired) electrons. The van der Waals surface area contributed by atoms with E-state index in [-0.39, 0.29) is 11.8 Å². The number of benzene rings is 1. The molecule has 4 nitrogen and oxygen atoms in total. The minimum Gasteiger partial charge on any atom is -0.312 e. The predicted octanol–water partition coefficient (Wildman–Crippen LogP) is 2.40. The van der Waals surface area contributed by atoms with E-state index in [4.69, 9.17) is 0 Å². The summed E-state index contributed by atoms with van der Waals surface area (Å²) < 4.78 is 0. The molecule has 0 saturated carbocycles. The number of amides is 2. The average Bonchev–Trinajstić information content (AvgIpc) is 2.78. The molecule has 1 saturated heterocycles. The van der Waals surface area contributed by atoms with Crippen LogP contribution in [0.25, 0.3) is 0 Å². The lowest BCUT2D eigenvalue weighted by Crippen LogP contribution is -2.36. The molecule has 3 rings (SSSR count). The first-order chi connectivity index (χ1) is 10.1. The molecule has 2 aliphatic heterocycles. The van der Waals surface area contributed by atoms with E-state index >= 15 is 0 Å². The van der Waals surface area contributed by atoms with Crippen LogP contribution in [0.1, 0.15) is 44.2 Å². The molecule has 0 aliphatic carbocycles. The van der Waals surface area contributed by atoms with Gasteiger partial charge in [-0.2, -0.15) is 0 Å². The molecule has 0 spiro atoms. The van der Waals surface area contributed by atoms with Gasteiger partial charge in [0.25, 0.3) is 0 Å². The van der Waals surface area contributed by atoms with Crippen molar-refractivity contribution in [3.05, 3.63) is 29.3 Å². The van der Waals surface area contributed by atoms with Crippen LogP contribution in [-0.2, 0) is 22.6 Å². The quantitative estimate of drug-likeness (QED) is 0.868. The van der Waals surface area contributed by atoms with Crippen molar-refractivity contribution < 1.29 is 9.59 Å². The summed E-state index contributed by atoms with van der Waals surface area (Å²) in [6.07, 6.45) is 2.66. The highest BCUT2D eigenvalue weighted by atomic mass is 16.2. The minimum atomic E-state index is -0.493. The third kappa shape index (κ3) is 2.09. The third-order valence-corrected chi connectivity index (χ3v) is 5.11. The summed E-state index contributed by atoms with van der Waals surface area (Å²) >= 11 is 0. The predicted molar refractivity (Wildman–Crippen MR) is 82.0 cm³/mol. The fourth-order valence-corrected chi connectivity index (χ4v) is 3.56. The van der Waals surface area contributed by atoms with Gasteiger partial charge in [-0.05, 0) is 43.0 Å². The molecule has 0 unspecified atom stereocenters. The summed E-state index contributed by atoms with van der Waals surface area (Å²) in [5.41, 5.74) is 2.67. The van der Waals surface area contributed by atoms with Gasteiger partial charge in [0, 0.05) is 13.0 Å². The molecule has 4 heteroatoms. The van der Waals surface area contributed by atoms with Gasteiger partial charge in [0.05, 0.1) is 11.1 Å². The van der Waals surface area contributed by atoms with Crippen LogP contribution in [0.2, 0.25) is 0 Å². The second-order valence-corrected chi connectivity index (χ2v) is 6.04. The standard InChI is InChI=1S/C17H22N2O2/c1-3-17(4-2)10-15(20)19(16(17)21)14-7-5-6-12-11-18-9-8-13(12)14/h5-7,18H,3-4,8-11H2,1-2H3. The Morgan fingerprint density at radius 1 is 1.24 bits per heavy atom. The van der Waals surface area contributed by atoms with E-state index in [0.29, 0.717) is 6.42 Å². The highest BCUT2D eigenvalue weighted by molar-refractivity contribution is 6.23. The highest BCUT2D eigenvalue weighted by Gasteiger charge is 2.50. The monoisotopic (exact) mass is 286 g/mol. The molecule has 0 atom stereocenters. The maximum Gasteiger partial charge on any atom is 0.240 e. The number of imide groups is 1. The summed E-state index contributed by atoms with van der Waals surface area (Å²) in [4.78, 5) is 26.8. The lowest BCUT2D eigenvalue weighted by molar-refractivity contribution is -0.126. The Morgan fingerprint density at radius 3 is 2.67 bits per heavy atom. The van der Waals surface area contributed by atoms with E-state index in [1.54, 1.807) is 0 Å². The Balaban J connectivity index is 2.05. The lowest BCUT2D eigenvalue weighted by Gasteiger charge is -2.27. The Bertz CT molecular complexity index is 590. The molecule has 2 amide bonds. The van der Waals surface area contributed by atoms with E-state index in [1.165, 1.54) is 10.5 Å². The zero-order valence-electron chi connectivity index (χ0n) is 12.7. The topological polar surface area (TPSA) is 49.4 Å². The molecule has 0 bridgehead atoms. The first-order valence-corrected chi connectivity index (χ1v) is 7.82. The normalized spacial score (nSPS) is 20.8. The second kappa shape index (κ2) is 5.26. The first kappa shape index (κ1) is 14.3. The van der Waals surface area contributed by atoms with E-state index in [0.717, 1.165) is 43.6 Å². The summed E-state index contributed by atoms with van der Waals surface area (Å²) in [5.74, 6) is -0.0555. The fourth-order valence-electron chi connectivity index (χ4n) is 3.56. The maximum absolute atomic E-state index is 12.9. The van der Waals surface area contributed by atoms with Crippen molar-refractivity contribution in [1.29, 1.82) is 0 Å². The van der Waals surface area contributed by atoms with Gasteiger partial charge in [0.1, 0.15) is 0 Å². The molecule has 1 aromatic carbocycles. The Kier molecular flexibility index (Phi) is 3.57. The molecule has 21 heavy (non-hydrogen) atoms. The summed E-state index contributed by atoms with van der Waals surface area (Å²) in [5, 5.41) is 3.33. The third-order valence-electron chi connectivity index (χ3n) is 5.11. The molecular weight excluding hydrogens is 264 g/mol. The molecule has 0 aromatic heterocycles. The van der Waals surface area contributed by atoms with Crippen LogP contribution in [0.3, 0.4) is 0 Å². The number of carbonyl (C=O) groups excluding carboxylic acids is 2. The van der Waals surface area contributed by atoms with Crippen LogP contribution in [0, 0.1) is 5.41 Å². The molecule has 1 aromatic rings. The van der Waals surface area contributed by atoms with Crippen molar-refractivity contribution in [2.45, 2.75) is 46.1 Å². The van der Waals surface area contributed by atoms with Gasteiger partial charge in [-0.1, -0.05) is 26.0 Å². The number of nitrogens with one attached hydrogen (secondary N) is 1. The number of hydrogen-bond donors (Lipinski definition) is 1. The van der Waals surface area contributed by atoms with Gasteiger partial charge in [-0.25, -0.2) is 4.90 Å². The van der Waals surface area contributed by atoms with Crippen LogP contribution in [0.5, 0.6) is 0 Å². The molecular formula is C17H22N2O2. The maximum atomic E-state index is 12.9. The fraction of sp³-hybridized carbons (Fsp3) is 0.529. The van der Waals surface area contributed by atoms with Gasteiger partial charge in [0.15, 0.2) is 0 Å². The first-order valence-electron chi connectivity index (χ1n) is 7.82. The largest absolute Gasteiger partial charge is 0.312 e. The van der Waals surface area contributed by atoms with Crippen molar-refractivity contribution in [1.82, 2.24) is 5.32 Å². The van der Waals surface area contributed by atoms with Crippen molar-refractivity contribution >= 4 is 17.5 Å². The van der Waals surface area contributed by atoms with Crippen LogP contribution in [-0.4, -0.2) is 18.4 Å². The van der Waals surface area contributed by atoms with E-state index in [9.17, 15) is 9.59 Å². The van der Waals surface area contributed by atoms with Crippen LogP contribution in [0.15, 0.2) is 18.2 Å². The van der Waals surface area contributed by atoms with Gasteiger partial charge < -0.3 is 5.32 Å². The molecule has 1 N–H and O–H groups in total. The smallest absolute Gasteiger partial charge is 0.240 e. The van der Waals surface area contributed by atoms with E-state index < -0.39 is 5.41 Å². The molecule has 112 valence electrons. The van der Waals surface area contributed by atoms with E-state index in [1.807, 2.05) is 26.0 Å². The van der Waals surface area contributed by atoms with Crippen molar-refractivity contribution in [3.8, 4) is 0 Å². The molecule has 2 aliphatic rings. The Labute approximate surface area is 125 Å².